The van der Waals surface area contributed by atoms with Gasteiger partial charge in [-0.25, -0.2) is 5.84 Å². The van der Waals surface area contributed by atoms with E-state index in [4.69, 9.17) is 10.6 Å². The van der Waals surface area contributed by atoms with Crippen molar-refractivity contribution in [2.24, 2.45) is 5.84 Å². The molecule has 0 heterocycles. The second-order valence-electron chi connectivity index (χ2n) is 4.49. The number of ether oxygens (including phenoxy) is 1. The zero-order valence-corrected chi connectivity index (χ0v) is 11.2. The molecule has 0 bridgehead atoms. The molecule has 0 saturated heterocycles. The summed E-state index contributed by atoms with van der Waals surface area (Å²) in [6, 6.07) is 17.7. The van der Waals surface area contributed by atoms with E-state index >= 15 is 0 Å². The summed E-state index contributed by atoms with van der Waals surface area (Å²) in [4.78, 5) is 11.4. The Balaban J connectivity index is 1.94. The van der Waals surface area contributed by atoms with Gasteiger partial charge in [-0.2, -0.15) is 0 Å². The standard InChI is InChI=1S/C16H18N2O2/c17-18-16(19)10-14-8-4-5-9-15(14)12-20-11-13-6-2-1-3-7-13/h1-9H,10-12,17H2,(H,18,19). The topological polar surface area (TPSA) is 64.3 Å². The van der Waals surface area contributed by atoms with E-state index in [9.17, 15) is 4.79 Å². The first-order chi connectivity index (χ1) is 9.79. The van der Waals surface area contributed by atoms with Crippen molar-refractivity contribution in [1.82, 2.24) is 5.43 Å². The van der Waals surface area contributed by atoms with E-state index in [1.54, 1.807) is 0 Å². The number of hydrogen-bond acceptors (Lipinski definition) is 3. The van der Waals surface area contributed by atoms with Gasteiger partial charge >= 0.3 is 0 Å². The van der Waals surface area contributed by atoms with Gasteiger partial charge in [0, 0.05) is 0 Å². The SMILES string of the molecule is NNC(=O)Cc1ccccc1COCc1ccccc1. The summed E-state index contributed by atoms with van der Waals surface area (Å²) in [6.45, 7) is 1.03. The van der Waals surface area contributed by atoms with Gasteiger partial charge in [0.05, 0.1) is 19.6 Å². The van der Waals surface area contributed by atoms with Crippen molar-refractivity contribution in [2.45, 2.75) is 19.6 Å². The lowest BCUT2D eigenvalue weighted by Crippen LogP contribution is -2.31. The summed E-state index contributed by atoms with van der Waals surface area (Å²) in [5, 5.41) is 0. The number of hydrogen-bond donors (Lipinski definition) is 2. The maximum atomic E-state index is 11.4. The van der Waals surface area contributed by atoms with Crippen LogP contribution >= 0.6 is 0 Å². The molecule has 20 heavy (non-hydrogen) atoms. The van der Waals surface area contributed by atoms with Crippen molar-refractivity contribution in [3.05, 3.63) is 71.3 Å². The molecule has 2 aromatic carbocycles. The lowest BCUT2D eigenvalue weighted by atomic mass is 10.1. The fourth-order valence-electron chi connectivity index (χ4n) is 1.95. The van der Waals surface area contributed by atoms with Crippen LogP contribution < -0.4 is 11.3 Å². The highest BCUT2D eigenvalue weighted by Crippen LogP contribution is 2.12. The number of amides is 1. The molecule has 3 N–H and O–H groups in total. The summed E-state index contributed by atoms with van der Waals surface area (Å²) >= 11 is 0. The highest BCUT2D eigenvalue weighted by Gasteiger charge is 2.06. The summed E-state index contributed by atoms with van der Waals surface area (Å²) < 4.78 is 5.70. The molecule has 0 aliphatic carbocycles. The molecule has 0 spiro atoms. The first-order valence-electron chi connectivity index (χ1n) is 6.47. The van der Waals surface area contributed by atoms with E-state index in [0.717, 1.165) is 16.7 Å². The molecule has 2 aromatic rings. The van der Waals surface area contributed by atoms with Gasteiger partial charge in [0.25, 0.3) is 0 Å². The van der Waals surface area contributed by atoms with Crippen LogP contribution in [0.1, 0.15) is 16.7 Å². The number of nitrogens with one attached hydrogen (secondary N) is 1. The Morgan fingerprint density at radius 3 is 2.30 bits per heavy atom. The molecule has 4 nitrogen and oxygen atoms in total. The van der Waals surface area contributed by atoms with Crippen molar-refractivity contribution < 1.29 is 9.53 Å². The molecule has 0 unspecified atom stereocenters. The van der Waals surface area contributed by atoms with Crippen LogP contribution in [0.15, 0.2) is 54.6 Å². The van der Waals surface area contributed by atoms with Crippen LogP contribution in [0, 0.1) is 0 Å². The lowest BCUT2D eigenvalue weighted by molar-refractivity contribution is -0.120. The fraction of sp³-hybridized carbons (Fsp3) is 0.188. The zero-order chi connectivity index (χ0) is 14.2. The Morgan fingerprint density at radius 1 is 0.950 bits per heavy atom. The van der Waals surface area contributed by atoms with Gasteiger partial charge in [-0.3, -0.25) is 10.2 Å². The van der Waals surface area contributed by atoms with Gasteiger partial charge in [-0.05, 0) is 16.7 Å². The Bertz CT molecular complexity index is 555. The molecule has 0 atom stereocenters. The van der Waals surface area contributed by atoms with Crippen molar-refractivity contribution >= 4 is 5.91 Å². The van der Waals surface area contributed by atoms with Crippen molar-refractivity contribution in [2.75, 3.05) is 0 Å². The average molecular weight is 270 g/mol. The minimum atomic E-state index is -0.208. The zero-order valence-electron chi connectivity index (χ0n) is 11.2. The Morgan fingerprint density at radius 2 is 1.60 bits per heavy atom. The number of carbonyl (C=O) groups excluding carboxylic acids is 1. The maximum absolute atomic E-state index is 11.4. The lowest BCUT2D eigenvalue weighted by Gasteiger charge is -2.09. The summed E-state index contributed by atoms with van der Waals surface area (Å²) in [7, 11) is 0. The van der Waals surface area contributed by atoms with Crippen LogP contribution in [0.4, 0.5) is 0 Å². The van der Waals surface area contributed by atoms with Gasteiger partial charge in [0.15, 0.2) is 0 Å². The minimum Gasteiger partial charge on any atom is -0.372 e. The molecule has 0 aromatic heterocycles. The minimum absolute atomic E-state index is 0.208. The van der Waals surface area contributed by atoms with E-state index in [1.165, 1.54) is 0 Å². The molecule has 0 aliphatic rings. The predicted molar refractivity (Wildman–Crippen MR) is 77.4 cm³/mol. The second-order valence-corrected chi connectivity index (χ2v) is 4.49. The van der Waals surface area contributed by atoms with Crippen LogP contribution in [-0.2, 0) is 29.2 Å². The normalized spacial score (nSPS) is 10.2. The van der Waals surface area contributed by atoms with Crippen LogP contribution in [0.5, 0.6) is 0 Å². The van der Waals surface area contributed by atoms with Crippen molar-refractivity contribution in [3.63, 3.8) is 0 Å². The van der Waals surface area contributed by atoms with E-state index in [1.807, 2.05) is 54.6 Å². The molecule has 0 aliphatic heterocycles. The largest absolute Gasteiger partial charge is 0.372 e. The van der Waals surface area contributed by atoms with Gasteiger partial charge < -0.3 is 4.74 Å². The molecular formula is C16H18N2O2. The van der Waals surface area contributed by atoms with Crippen LogP contribution in [-0.4, -0.2) is 5.91 Å². The van der Waals surface area contributed by atoms with Gasteiger partial charge in [0.2, 0.25) is 5.91 Å². The van der Waals surface area contributed by atoms with Crippen molar-refractivity contribution in [1.29, 1.82) is 0 Å². The summed E-state index contributed by atoms with van der Waals surface area (Å²) in [5.41, 5.74) is 5.21. The smallest absolute Gasteiger partial charge is 0.238 e. The van der Waals surface area contributed by atoms with E-state index in [2.05, 4.69) is 5.43 Å². The Kier molecular flexibility index (Phi) is 5.29. The van der Waals surface area contributed by atoms with Crippen LogP contribution in [0.3, 0.4) is 0 Å². The molecule has 0 saturated carbocycles. The third-order valence-corrected chi connectivity index (χ3v) is 3.00. The second kappa shape index (κ2) is 7.43. The maximum Gasteiger partial charge on any atom is 0.238 e. The number of carbonyl (C=O) groups is 1. The average Bonchev–Trinajstić information content (AvgIpc) is 2.50. The third kappa shape index (κ3) is 4.19. The predicted octanol–water partition coefficient (Wildman–Crippen LogP) is 1.94. The molecular weight excluding hydrogens is 252 g/mol. The van der Waals surface area contributed by atoms with Gasteiger partial charge in [0.1, 0.15) is 0 Å². The highest BCUT2D eigenvalue weighted by molar-refractivity contribution is 5.78. The van der Waals surface area contributed by atoms with E-state index in [-0.39, 0.29) is 12.3 Å². The highest BCUT2D eigenvalue weighted by atomic mass is 16.5. The molecule has 2 rings (SSSR count). The third-order valence-electron chi connectivity index (χ3n) is 3.00. The Hall–Kier alpha value is -2.17. The molecule has 4 heteroatoms. The molecule has 0 fully saturated rings. The fourth-order valence-corrected chi connectivity index (χ4v) is 1.95. The number of hydrazine groups is 1. The molecule has 0 radical (unpaired) electrons. The van der Waals surface area contributed by atoms with Crippen molar-refractivity contribution in [3.8, 4) is 0 Å². The number of benzene rings is 2. The van der Waals surface area contributed by atoms with Crippen LogP contribution in [0.25, 0.3) is 0 Å². The van der Waals surface area contributed by atoms with Gasteiger partial charge in [-0.15, -0.1) is 0 Å². The van der Waals surface area contributed by atoms with E-state index < -0.39 is 0 Å². The molecule has 104 valence electrons. The summed E-state index contributed by atoms with van der Waals surface area (Å²) in [5.74, 6) is 4.91. The van der Waals surface area contributed by atoms with Crippen LogP contribution in [0.2, 0.25) is 0 Å². The number of nitrogens with two attached hydrogens (primary N) is 1. The Labute approximate surface area is 118 Å². The number of rotatable bonds is 6. The van der Waals surface area contributed by atoms with E-state index in [0.29, 0.717) is 13.2 Å². The van der Waals surface area contributed by atoms with Gasteiger partial charge in [-0.1, -0.05) is 54.6 Å². The first-order valence-corrected chi connectivity index (χ1v) is 6.47. The quantitative estimate of drug-likeness (QED) is 0.479. The molecule has 1 amide bonds. The monoisotopic (exact) mass is 270 g/mol. The summed E-state index contributed by atoms with van der Waals surface area (Å²) in [6.07, 6.45) is 0.265. The first kappa shape index (κ1) is 14.2.